The molecule has 0 aromatic heterocycles. The van der Waals surface area contributed by atoms with Crippen LogP contribution in [0.5, 0.6) is 0 Å². The summed E-state index contributed by atoms with van der Waals surface area (Å²) in [7, 11) is 0. The Morgan fingerprint density at radius 2 is 1.53 bits per heavy atom. The first kappa shape index (κ1) is 11.9. The quantitative estimate of drug-likeness (QED) is 0.699. The molecule has 1 unspecified atom stereocenters. The molecule has 0 saturated heterocycles. The van der Waals surface area contributed by atoms with Crippen LogP contribution in [-0.2, 0) is 0 Å². The van der Waals surface area contributed by atoms with Crippen molar-refractivity contribution < 1.29 is 0 Å². The summed E-state index contributed by atoms with van der Waals surface area (Å²) in [5.41, 5.74) is 5.61. The number of hydrogen-bond donors (Lipinski definition) is 0. The first-order valence-corrected chi connectivity index (χ1v) is 6.34. The Hall–Kier alpha value is -1.56. The molecule has 88 valence electrons. The van der Waals surface area contributed by atoms with Gasteiger partial charge in [0.05, 0.1) is 0 Å². The second-order valence-corrected chi connectivity index (χ2v) is 4.72. The van der Waals surface area contributed by atoms with Crippen molar-refractivity contribution in [1.82, 2.24) is 0 Å². The van der Waals surface area contributed by atoms with Crippen molar-refractivity contribution >= 4 is 0 Å². The van der Waals surface area contributed by atoms with Gasteiger partial charge in [0.15, 0.2) is 0 Å². The second kappa shape index (κ2) is 5.18. The maximum Gasteiger partial charge on any atom is 0.00868 e. The molecule has 0 radical (unpaired) electrons. The van der Waals surface area contributed by atoms with Gasteiger partial charge in [-0.15, -0.1) is 0 Å². The Labute approximate surface area is 104 Å². The van der Waals surface area contributed by atoms with Gasteiger partial charge in [-0.05, 0) is 42.5 Å². The zero-order valence-corrected chi connectivity index (χ0v) is 10.9. The molecule has 0 heterocycles. The third-order valence-corrected chi connectivity index (χ3v) is 3.54. The predicted octanol–water partition coefficient (Wildman–Crippen LogP) is 4.85. The van der Waals surface area contributed by atoms with Gasteiger partial charge in [-0.25, -0.2) is 0 Å². The van der Waals surface area contributed by atoms with Crippen molar-refractivity contribution in [2.24, 2.45) is 0 Å². The topological polar surface area (TPSA) is 0 Å². The number of aryl methyl sites for hydroxylation is 2. The van der Waals surface area contributed by atoms with Gasteiger partial charge in [0.2, 0.25) is 0 Å². The minimum atomic E-state index is 0.524. The Kier molecular flexibility index (Phi) is 3.63. The summed E-state index contributed by atoms with van der Waals surface area (Å²) in [6.45, 7) is 6.62. The Morgan fingerprint density at radius 1 is 0.824 bits per heavy atom. The predicted molar refractivity (Wildman–Crippen MR) is 74.5 cm³/mol. The second-order valence-electron chi connectivity index (χ2n) is 4.72. The lowest BCUT2D eigenvalue weighted by atomic mass is 9.88. The van der Waals surface area contributed by atoms with E-state index in [4.69, 9.17) is 0 Å². The highest BCUT2D eigenvalue weighted by Crippen LogP contribution is 2.28. The van der Waals surface area contributed by atoms with Crippen LogP contribution < -0.4 is 0 Å². The van der Waals surface area contributed by atoms with Crippen LogP contribution in [0.3, 0.4) is 0 Å². The Bertz CT molecular complexity index is 483. The molecule has 0 bridgehead atoms. The SMILES string of the molecule is CCC(c1ccccc1)c1ccc(C)c(C)c1. The molecule has 0 aliphatic rings. The molecule has 0 saturated carbocycles. The van der Waals surface area contributed by atoms with Crippen LogP contribution in [0.25, 0.3) is 0 Å². The molecule has 2 aromatic rings. The largest absolute Gasteiger partial charge is 0.0645 e. The van der Waals surface area contributed by atoms with Crippen LogP contribution in [-0.4, -0.2) is 0 Å². The summed E-state index contributed by atoms with van der Waals surface area (Å²) >= 11 is 0. The summed E-state index contributed by atoms with van der Waals surface area (Å²) in [4.78, 5) is 0. The molecule has 17 heavy (non-hydrogen) atoms. The van der Waals surface area contributed by atoms with Crippen molar-refractivity contribution in [3.63, 3.8) is 0 Å². The van der Waals surface area contributed by atoms with Crippen molar-refractivity contribution in [3.05, 3.63) is 70.8 Å². The van der Waals surface area contributed by atoms with Crippen LogP contribution in [0.1, 0.15) is 41.5 Å². The molecule has 0 amide bonds. The van der Waals surface area contributed by atoms with E-state index in [9.17, 15) is 0 Å². The van der Waals surface area contributed by atoms with Gasteiger partial charge in [0.1, 0.15) is 0 Å². The lowest BCUT2D eigenvalue weighted by Crippen LogP contribution is -2.00. The molecule has 0 spiro atoms. The summed E-state index contributed by atoms with van der Waals surface area (Å²) in [6.07, 6.45) is 1.15. The molecule has 0 aliphatic heterocycles. The van der Waals surface area contributed by atoms with E-state index in [1.165, 1.54) is 22.3 Å². The van der Waals surface area contributed by atoms with Crippen molar-refractivity contribution in [3.8, 4) is 0 Å². The van der Waals surface area contributed by atoms with Gasteiger partial charge in [-0.1, -0.05) is 55.5 Å². The summed E-state index contributed by atoms with van der Waals surface area (Å²) in [6, 6.07) is 17.6. The average molecular weight is 224 g/mol. The Morgan fingerprint density at radius 3 is 2.12 bits per heavy atom. The van der Waals surface area contributed by atoms with Gasteiger partial charge < -0.3 is 0 Å². The van der Waals surface area contributed by atoms with E-state index >= 15 is 0 Å². The third kappa shape index (κ3) is 2.58. The zero-order chi connectivity index (χ0) is 12.3. The highest BCUT2D eigenvalue weighted by Gasteiger charge is 2.11. The van der Waals surface area contributed by atoms with Gasteiger partial charge in [-0.2, -0.15) is 0 Å². The van der Waals surface area contributed by atoms with E-state index in [-0.39, 0.29) is 0 Å². The highest BCUT2D eigenvalue weighted by molar-refractivity contribution is 5.37. The maximum atomic E-state index is 2.33. The number of benzene rings is 2. The molecule has 0 nitrogen and oxygen atoms in total. The van der Waals surface area contributed by atoms with Gasteiger partial charge in [-0.3, -0.25) is 0 Å². The zero-order valence-electron chi connectivity index (χ0n) is 10.9. The van der Waals surface area contributed by atoms with E-state index < -0.39 is 0 Å². The third-order valence-electron chi connectivity index (χ3n) is 3.54. The molecular formula is C17H20. The summed E-state index contributed by atoms with van der Waals surface area (Å²) < 4.78 is 0. The van der Waals surface area contributed by atoms with Gasteiger partial charge >= 0.3 is 0 Å². The summed E-state index contributed by atoms with van der Waals surface area (Å²) in [5, 5.41) is 0. The Balaban J connectivity index is 2.39. The average Bonchev–Trinajstić information content (AvgIpc) is 2.36. The molecule has 2 rings (SSSR count). The lowest BCUT2D eigenvalue weighted by Gasteiger charge is -2.17. The number of hydrogen-bond acceptors (Lipinski definition) is 0. The molecule has 1 atom stereocenters. The highest BCUT2D eigenvalue weighted by atomic mass is 14.2. The van der Waals surface area contributed by atoms with E-state index in [2.05, 4.69) is 69.3 Å². The van der Waals surface area contributed by atoms with Crippen molar-refractivity contribution in [1.29, 1.82) is 0 Å². The fraction of sp³-hybridized carbons (Fsp3) is 0.294. The normalized spacial score (nSPS) is 12.4. The minimum absolute atomic E-state index is 0.524. The lowest BCUT2D eigenvalue weighted by molar-refractivity contribution is 0.776. The fourth-order valence-electron chi connectivity index (χ4n) is 2.33. The maximum absolute atomic E-state index is 2.33. The number of rotatable bonds is 3. The van der Waals surface area contributed by atoms with Crippen LogP contribution in [0, 0.1) is 13.8 Å². The molecule has 0 fully saturated rings. The van der Waals surface area contributed by atoms with Gasteiger partial charge in [0, 0.05) is 5.92 Å². The minimum Gasteiger partial charge on any atom is -0.0645 e. The van der Waals surface area contributed by atoms with Crippen molar-refractivity contribution in [2.75, 3.05) is 0 Å². The first-order chi connectivity index (χ1) is 8.22. The monoisotopic (exact) mass is 224 g/mol. The molecule has 0 N–H and O–H groups in total. The first-order valence-electron chi connectivity index (χ1n) is 6.34. The van der Waals surface area contributed by atoms with Crippen LogP contribution in [0.4, 0.5) is 0 Å². The molecule has 0 heteroatoms. The van der Waals surface area contributed by atoms with E-state index in [0.29, 0.717) is 5.92 Å². The van der Waals surface area contributed by atoms with Crippen LogP contribution in [0.2, 0.25) is 0 Å². The molecule has 0 aliphatic carbocycles. The van der Waals surface area contributed by atoms with E-state index in [1.54, 1.807) is 0 Å². The molecule has 2 aromatic carbocycles. The van der Waals surface area contributed by atoms with Crippen molar-refractivity contribution in [2.45, 2.75) is 33.1 Å². The van der Waals surface area contributed by atoms with Gasteiger partial charge in [0.25, 0.3) is 0 Å². The molecular weight excluding hydrogens is 204 g/mol. The summed E-state index contributed by atoms with van der Waals surface area (Å²) in [5.74, 6) is 0.524. The van der Waals surface area contributed by atoms with Crippen LogP contribution >= 0.6 is 0 Å². The van der Waals surface area contributed by atoms with E-state index in [0.717, 1.165) is 6.42 Å². The smallest absolute Gasteiger partial charge is 0.00868 e. The fourth-order valence-corrected chi connectivity index (χ4v) is 2.33. The standard InChI is InChI=1S/C17H20/c1-4-17(15-8-6-5-7-9-15)16-11-10-13(2)14(3)12-16/h5-12,17H,4H2,1-3H3. The van der Waals surface area contributed by atoms with E-state index in [1.807, 2.05) is 0 Å². The van der Waals surface area contributed by atoms with Crippen LogP contribution in [0.15, 0.2) is 48.5 Å².